The first-order chi connectivity index (χ1) is 8.28. The molecule has 0 radical (unpaired) electrons. The number of nitrogens with one attached hydrogen (secondary N) is 1. The smallest absolute Gasteiger partial charge is 0.0897 e. The van der Waals surface area contributed by atoms with Gasteiger partial charge in [-0.25, -0.2) is 4.98 Å². The van der Waals surface area contributed by atoms with Gasteiger partial charge in [0.25, 0.3) is 0 Å². The van der Waals surface area contributed by atoms with E-state index in [9.17, 15) is 0 Å². The van der Waals surface area contributed by atoms with Crippen LogP contribution in [0.5, 0.6) is 0 Å². The van der Waals surface area contributed by atoms with E-state index in [2.05, 4.69) is 52.9 Å². The van der Waals surface area contributed by atoms with E-state index in [0.29, 0.717) is 6.04 Å². The van der Waals surface area contributed by atoms with Gasteiger partial charge in [0.15, 0.2) is 0 Å². The van der Waals surface area contributed by atoms with Gasteiger partial charge in [0.2, 0.25) is 0 Å². The molecule has 3 heteroatoms. The van der Waals surface area contributed by atoms with Crippen molar-refractivity contribution in [2.24, 2.45) is 0 Å². The summed E-state index contributed by atoms with van der Waals surface area (Å²) in [6.45, 7) is 2.06. The molecular formula is C14H18N2S. The van der Waals surface area contributed by atoms with Gasteiger partial charge in [-0.3, -0.25) is 0 Å². The molecule has 1 aromatic carbocycles. The molecule has 1 heterocycles. The summed E-state index contributed by atoms with van der Waals surface area (Å²) in [5, 5.41) is 6.68. The zero-order valence-electron chi connectivity index (χ0n) is 10.3. The van der Waals surface area contributed by atoms with Crippen molar-refractivity contribution in [2.45, 2.75) is 25.8 Å². The lowest BCUT2D eigenvalue weighted by Gasteiger charge is -2.14. The molecule has 90 valence electrons. The third kappa shape index (κ3) is 3.65. The molecule has 1 aromatic heterocycles. The minimum Gasteiger partial charge on any atom is -0.316 e. The number of rotatable bonds is 5. The molecule has 2 nitrogen and oxygen atoms in total. The molecule has 0 saturated carbocycles. The van der Waals surface area contributed by atoms with Crippen LogP contribution in [0.3, 0.4) is 0 Å². The molecule has 0 spiro atoms. The highest BCUT2D eigenvalue weighted by Crippen LogP contribution is 2.12. The molecule has 17 heavy (non-hydrogen) atoms. The van der Waals surface area contributed by atoms with Crippen molar-refractivity contribution in [1.82, 2.24) is 10.3 Å². The number of aromatic nitrogens is 1. The van der Waals surface area contributed by atoms with Gasteiger partial charge in [-0.2, -0.15) is 0 Å². The first kappa shape index (κ1) is 12.3. The summed E-state index contributed by atoms with van der Waals surface area (Å²) in [7, 11) is 2.02. The van der Waals surface area contributed by atoms with Crippen LogP contribution in [0.1, 0.15) is 16.3 Å². The van der Waals surface area contributed by atoms with Gasteiger partial charge in [-0.15, -0.1) is 11.3 Å². The van der Waals surface area contributed by atoms with E-state index >= 15 is 0 Å². The van der Waals surface area contributed by atoms with Crippen molar-refractivity contribution in [3.05, 3.63) is 52.0 Å². The fourth-order valence-electron chi connectivity index (χ4n) is 1.93. The Morgan fingerprint density at radius 3 is 2.59 bits per heavy atom. The van der Waals surface area contributed by atoms with Crippen molar-refractivity contribution in [3.63, 3.8) is 0 Å². The molecule has 1 unspecified atom stereocenters. The van der Waals surface area contributed by atoms with Gasteiger partial charge in [-0.1, -0.05) is 30.3 Å². The Morgan fingerprint density at radius 2 is 2.00 bits per heavy atom. The molecule has 1 atom stereocenters. The van der Waals surface area contributed by atoms with Gasteiger partial charge < -0.3 is 5.32 Å². The van der Waals surface area contributed by atoms with Crippen LogP contribution >= 0.6 is 11.3 Å². The van der Waals surface area contributed by atoms with Gasteiger partial charge in [0, 0.05) is 17.8 Å². The summed E-state index contributed by atoms with van der Waals surface area (Å²) in [6, 6.07) is 11.1. The first-order valence-corrected chi connectivity index (χ1v) is 6.78. The zero-order valence-corrected chi connectivity index (χ0v) is 11.1. The van der Waals surface area contributed by atoms with Crippen LogP contribution in [0, 0.1) is 6.92 Å². The molecule has 0 fully saturated rings. The van der Waals surface area contributed by atoms with Gasteiger partial charge in [0.05, 0.1) is 10.7 Å². The Hall–Kier alpha value is -1.19. The quantitative estimate of drug-likeness (QED) is 0.877. The summed E-state index contributed by atoms with van der Waals surface area (Å²) >= 11 is 1.72. The Morgan fingerprint density at radius 1 is 1.24 bits per heavy atom. The van der Waals surface area contributed by atoms with Crippen molar-refractivity contribution >= 4 is 11.3 Å². The lowest BCUT2D eigenvalue weighted by atomic mass is 10.0. The van der Waals surface area contributed by atoms with E-state index in [1.807, 2.05) is 7.05 Å². The molecule has 0 bridgehead atoms. The van der Waals surface area contributed by atoms with Crippen LogP contribution in [0.15, 0.2) is 35.7 Å². The van der Waals surface area contributed by atoms with Crippen molar-refractivity contribution < 1.29 is 0 Å². The van der Waals surface area contributed by atoms with E-state index in [4.69, 9.17) is 0 Å². The average Bonchev–Trinajstić information content (AvgIpc) is 2.75. The van der Waals surface area contributed by atoms with Crippen molar-refractivity contribution in [3.8, 4) is 0 Å². The van der Waals surface area contributed by atoms with Crippen LogP contribution in [0.2, 0.25) is 0 Å². The maximum absolute atomic E-state index is 4.52. The highest BCUT2D eigenvalue weighted by molar-refractivity contribution is 7.09. The molecule has 0 aliphatic heterocycles. The second kappa shape index (κ2) is 5.94. The number of aryl methyl sites for hydroxylation is 1. The van der Waals surface area contributed by atoms with Crippen LogP contribution < -0.4 is 5.32 Å². The second-order valence-corrected chi connectivity index (χ2v) is 5.30. The zero-order chi connectivity index (χ0) is 12.1. The molecule has 0 aliphatic rings. The summed E-state index contributed by atoms with van der Waals surface area (Å²) in [4.78, 5) is 4.52. The minimum atomic E-state index is 0.457. The Kier molecular flexibility index (Phi) is 4.29. The van der Waals surface area contributed by atoms with E-state index < -0.39 is 0 Å². The van der Waals surface area contributed by atoms with Crippen LogP contribution in [-0.4, -0.2) is 18.1 Å². The van der Waals surface area contributed by atoms with Crippen LogP contribution in [0.25, 0.3) is 0 Å². The topological polar surface area (TPSA) is 24.9 Å². The SMILES string of the molecule is CNC(Cc1ccccc1)Cc1csc(C)n1. The molecular weight excluding hydrogens is 228 g/mol. The lowest BCUT2D eigenvalue weighted by Crippen LogP contribution is -2.30. The number of hydrogen-bond donors (Lipinski definition) is 1. The Bertz CT molecular complexity index is 450. The Labute approximate surface area is 107 Å². The normalized spacial score (nSPS) is 12.6. The summed E-state index contributed by atoms with van der Waals surface area (Å²) in [6.07, 6.45) is 2.05. The standard InChI is InChI=1S/C14H18N2S/c1-11-16-14(10-17-11)9-13(15-2)8-12-6-4-3-5-7-12/h3-7,10,13,15H,8-9H2,1-2H3. The number of nitrogens with zero attached hydrogens (tertiary/aromatic N) is 1. The largest absolute Gasteiger partial charge is 0.316 e. The van der Waals surface area contributed by atoms with Gasteiger partial charge >= 0.3 is 0 Å². The molecule has 2 aromatic rings. The highest BCUT2D eigenvalue weighted by atomic mass is 32.1. The van der Waals surface area contributed by atoms with Gasteiger partial charge in [0.1, 0.15) is 0 Å². The summed E-state index contributed by atoms with van der Waals surface area (Å²) in [5.74, 6) is 0. The molecule has 0 amide bonds. The molecule has 1 N–H and O–H groups in total. The first-order valence-electron chi connectivity index (χ1n) is 5.90. The monoisotopic (exact) mass is 246 g/mol. The third-order valence-electron chi connectivity index (χ3n) is 2.86. The fourth-order valence-corrected chi connectivity index (χ4v) is 2.55. The number of benzene rings is 1. The van der Waals surface area contributed by atoms with E-state index in [0.717, 1.165) is 17.8 Å². The van der Waals surface area contributed by atoms with Crippen molar-refractivity contribution in [2.75, 3.05) is 7.05 Å². The lowest BCUT2D eigenvalue weighted by molar-refractivity contribution is 0.551. The number of hydrogen-bond acceptors (Lipinski definition) is 3. The van der Waals surface area contributed by atoms with Crippen LogP contribution in [0.4, 0.5) is 0 Å². The predicted molar refractivity (Wildman–Crippen MR) is 73.5 cm³/mol. The maximum atomic E-state index is 4.52. The number of likely N-dealkylation sites (N-methyl/N-ethyl adjacent to an activating group) is 1. The molecule has 0 aliphatic carbocycles. The summed E-state index contributed by atoms with van der Waals surface area (Å²) in [5.41, 5.74) is 2.57. The highest BCUT2D eigenvalue weighted by Gasteiger charge is 2.10. The maximum Gasteiger partial charge on any atom is 0.0897 e. The van der Waals surface area contributed by atoms with E-state index in [1.165, 1.54) is 11.3 Å². The average molecular weight is 246 g/mol. The molecule has 0 saturated heterocycles. The number of thiazole rings is 1. The predicted octanol–water partition coefficient (Wildman–Crippen LogP) is 2.82. The van der Waals surface area contributed by atoms with E-state index in [-0.39, 0.29) is 0 Å². The van der Waals surface area contributed by atoms with E-state index in [1.54, 1.807) is 11.3 Å². The van der Waals surface area contributed by atoms with Crippen molar-refractivity contribution in [1.29, 1.82) is 0 Å². The Balaban J connectivity index is 1.98. The fraction of sp³-hybridized carbons (Fsp3) is 0.357. The van der Waals surface area contributed by atoms with Crippen LogP contribution in [-0.2, 0) is 12.8 Å². The van der Waals surface area contributed by atoms with Gasteiger partial charge in [-0.05, 0) is 26.0 Å². The summed E-state index contributed by atoms with van der Waals surface area (Å²) < 4.78 is 0. The molecule has 2 rings (SSSR count). The third-order valence-corrected chi connectivity index (χ3v) is 3.68. The minimum absolute atomic E-state index is 0.457. The second-order valence-electron chi connectivity index (χ2n) is 4.24.